The van der Waals surface area contributed by atoms with E-state index < -0.39 is 28.5 Å². The van der Waals surface area contributed by atoms with Crippen LogP contribution < -0.4 is 9.62 Å². The Hall–Kier alpha value is -3.36. The molecule has 220 valence electrons. The summed E-state index contributed by atoms with van der Waals surface area (Å²) in [5.41, 5.74) is 3.73. The zero-order valence-electron chi connectivity index (χ0n) is 24.6. The molecule has 1 unspecified atom stereocenters. The van der Waals surface area contributed by atoms with Crippen LogP contribution in [0.2, 0.25) is 5.02 Å². The van der Waals surface area contributed by atoms with Gasteiger partial charge < -0.3 is 10.2 Å². The smallest absolute Gasteiger partial charge is 0.264 e. The molecule has 3 rings (SSSR count). The van der Waals surface area contributed by atoms with E-state index in [0.717, 1.165) is 21.0 Å². The Morgan fingerprint density at radius 2 is 1.61 bits per heavy atom. The lowest BCUT2D eigenvalue weighted by atomic mass is 10.1. The lowest BCUT2D eigenvalue weighted by Crippen LogP contribution is -2.52. The van der Waals surface area contributed by atoms with Gasteiger partial charge in [0.25, 0.3) is 10.0 Å². The Morgan fingerprint density at radius 3 is 2.20 bits per heavy atom. The minimum atomic E-state index is -4.15. The summed E-state index contributed by atoms with van der Waals surface area (Å²) < 4.78 is 29.2. The van der Waals surface area contributed by atoms with Gasteiger partial charge in [0.1, 0.15) is 12.6 Å². The second-order valence-electron chi connectivity index (χ2n) is 10.8. The van der Waals surface area contributed by atoms with Gasteiger partial charge >= 0.3 is 0 Å². The monoisotopic (exact) mass is 597 g/mol. The number of nitrogens with zero attached hydrogens (tertiary/aromatic N) is 2. The summed E-state index contributed by atoms with van der Waals surface area (Å²) >= 11 is 6.19. The maximum Gasteiger partial charge on any atom is 0.264 e. The average Bonchev–Trinajstić information content (AvgIpc) is 2.91. The van der Waals surface area contributed by atoms with E-state index in [-0.39, 0.29) is 23.3 Å². The Labute approximate surface area is 249 Å². The highest BCUT2D eigenvalue weighted by Crippen LogP contribution is 2.29. The third-order valence-electron chi connectivity index (χ3n) is 6.82. The number of sulfonamides is 1. The van der Waals surface area contributed by atoms with Gasteiger partial charge in [-0.2, -0.15) is 0 Å². The van der Waals surface area contributed by atoms with Crippen LogP contribution in [-0.2, 0) is 26.2 Å². The molecule has 1 N–H and O–H groups in total. The Morgan fingerprint density at radius 1 is 0.927 bits per heavy atom. The van der Waals surface area contributed by atoms with E-state index in [1.54, 1.807) is 37.3 Å². The molecule has 0 spiro atoms. The molecule has 9 heteroatoms. The van der Waals surface area contributed by atoms with Crippen LogP contribution in [-0.4, -0.2) is 44.3 Å². The molecule has 0 aromatic heterocycles. The first-order chi connectivity index (χ1) is 19.3. The summed E-state index contributed by atoms with van der Waals surface area (Å²) in [6, 6.07) is 18.3. The summed E-state index contributed by atoms with van der Waals surface area (Å²) in [5, 5.41) is 3.41. The maximum absolute atomic E-state index is 14.2. The normalized spacial score (nSPS) is 12.2. The second-order valence-corrected chi connectivity index (χ2v) is 13.1. The van der Waals surface area contributed by atoms with E-state index in [1.165, 1.54) is 17.0 Å². The van der Waals surface area contributed by atoms with Gasteiger partial charge in [-0.15, -0.1) is 0 Å². The van der Waals surface area contributed by atoms with Crippen molar-refractivity contribution < 1.29 is 18.0 Å². The summed E-state index contributed by atoms with van der Waals surface area (Å²) in [6.07, 6.45) is 0.367. The van der Waals surface area contributed by atoms with Crippen molar-refractivity contribution in [3.8, 4) is 0 Å². The first kappa shape index (κ1) is 32.2. The van der Waals surface area contributed by atoms with Gasteiger partial charge in [-0.05, 0) is 74.6 Å². The fourth-order valence-electron chi connectivity index (χ4n) is 4.60. The van der Waals surface area contributed by atoms with Crippen molar-refractivity contribution in [1.82, 2.24) is 10.2 Å². The molecular weight excluding hydrogens is 558 g/mol. The molecule has 0 bridgehead atoms. The first-order valence-electron chi connectivity index (χ1n) is 13.8. The number of hydrogen-bond donors (Lipinski definition) is 1. The molecule has 0 aliphatic carbocycles. The molecule has 1 atom stereocenters. The summed E-state index contributed by atoms with van der Waals surface area (Å²) in [5.74, 6) is -0.513. The van der Waals surface area contributed by atoms with Gasteiger partial charge in [-0.3, -0.25) is 13.9 Å². The van der Waals surface area contributed by atoms with Crippen molar-refractivity contribution in [2.45, 2.75) is 65.4 Å². The van der Waals surface area contributed by atoms with Gasteiger partial charge in [-0.25, -0.2) is 8.42 Å². The van der Waals surface area contributed by atoms with Crippen LogP contribution in [0.4, 0.5) is 5.69 Å². The van der Waals surface area contributed by atoms with E-state index in [2.05, 4.69) is 5.32 Å². The molecule has 0 fully saturated rings. The van der Waals surface area contributed by atoms with E-state index >= 15 is 0 Å². The summed E-state index contributed by atoms with van der Waals surface area (Å²) in [6.45, 7) is 11.6. The standard InChI is InChI=1S/C32H40ClN3O4S/c1-7-29(32(38)34-19-22(2)3)35(20-26-10-8-9-24(5)17-26)31(37)21-36(30-16-13-27(33)18-25(30)6)41(39,40)28-14-11-23(4)12-15-28/h8-18,22,29H,7,19-21H2,1-6H3,(H,34,38). The SMILES string of the molecule is CCC(C(=O)NCC(C)C)N(Cc1cccc(C)c1)C(=O)CN(c1ccc(Cl)cc1C)S(=O)(=O)c1ccc(C)cc1. The number of carbonyl (C=O) groups is 2. The molecule has 3 aromatic rings. The van der Waals surface area contributed by atoms with Crippen molar-refractivity contribution in [1.29, 1.82) is 0 Å². The molecule has 41 heavy (non-hydrogen) atoms. The minimum absolute atomic E-state index is 0.0669. The van der Waals surface area contributed by atoms with Crippen molar-refractivity contribution in [3.63, 3.8) is 0 Å². The predicted molar refractivity (Wildman–Crippen MR) is 166 cm³/mol. The average molecular weight is 598 g/mol. The van der Waals surface area contributed by atoms with Crippen LogP contribution in [0.25, 0.3) is 0 Å². The molecule has 0 saturated carbocycles. The third-order valence-corrected chi connectivity index (χ3v) is 8.83. The fraction of sp³-hybridized carbons (Fsp3) is 0.375. The first-order valence-corrected chi connectivity index (χ1v) is 15.6. The van der Waals surface area contributed by atoms with Crippen molar-refractivity contribution in [2.75, 3.05) is 17.4 Å². The van der Waals surface area contributed by atoms with Crippen LogP contribution in [0.1, 0.15) is 49.4 Å². The number of rotatable bonds is 12. The van der Waals surface area contributed by atoms with Crippen molar-refractivity contribution in [3.05, 3.63) is 94.0 Å². The van der Waals surface area contributed by atoms with Gasteiger partial charge in [0.05, 0.1) is 10.6 Å². The van der Waals surface area contributed by atoms with Crippen LogP contribution >= 0.6 is 11.6 Å². The second kappa shape index (κ2) is 14.0. The predicted octanol–water partition coefficient (Wildman–Crippen LogP) is 6.04. The topological polar surface area (TPSA) is 86.8 Å². The highest BCUT2D eigenvalue weighted by Gasteiger charge is 2.34. The molecule has 2 amide bonds. The molecular formula is C32H40ClN3O4S. The number of hydrogen-bond acceptors (Lipinski definition) is 4. The number of anilines is 1. The zero-order valence-corrected chi connectivity index (χ0v) is 26.2. The quantitative estimate of drug-likeness (QED) is 0.276. The molecule has 0 aliphatic heterocycles. The number of halogens is 1. The lowest BCUT2D eigenvalue weighted by molar-refractivity contribution is -0.140. The third kappa shape index (κ3) is 8.33. The van der Waals surface area contributed by atoms with Gasteiger partial charge in [0.2, 0.25) is 11.8 Å². The van der Waals surface area contributed by atoms with Gasteiger partial charge in [0.15, 0.2) is 0 Å². The summed E-state index contributed by atoms with van der Waals surface area (Å²) in [4.78, 5) is 29.1. The van der Waals surface area contributed by atoms with E-state index in [0.29, 0.717) is 29.2 Å². The van der Waals surface area contributed by atoms with Crippen LogP contribution in [0.5, 0.6) is 0 Å². The largest absolute Gasteiger partial charge is 0.354 e. The van der Waals surface area contributed by atoms with Crippen molar-refractivity contribution >= 4 is 39.1 Å². The van der Waals surface area contributed by atoms with Gasteiger partial charge in [0, 0.05) is 18.1 Å². The molecule has 0 heterocycles. The van der Waals surface area contributed by atoms with Crippen LogP contribution in [0, 0.1) is 26.7 Å². The zero-order chi connectivity index (χ0) is 30.3. The Balaban J connectivity index is 2.08. The fourth-order valence-corrected chi connectivity index (χ4v) is 6.30. The molecule has 3 aromatic carbocycles. The van der Waals surface area contributed by atoms with Crippen LogP contribution in [0.3, 0.4) is 0 Å². The molecule has 0 radical (unpaired) electrons. The lowest BCUT2D eigenvalue weighted by Gasteiger charge is -2.33. The van der Waals surface area contributed by atoms with E-state index in [1.807, 2.05) is 58.9 Å². The van der Waals surface area contributed by atoms with Crippen molar-refractivity contribution in [2.24, 2.45) is 5.92 Å². The number of amides is 2. The number of nitrogens with one attached hydrogen (secondary N) is 1. The highest BCUT2D eigenvalue weighted by molar-refractivity contribution is 7.92. The molecule has 0 saturated heterocycles. The minimum Gasteiger partial charge on any atom is -0.354 e. The highest BCUT2D eigenvalue weighted by atomic mass is 35.5. The van der Waals surface area contributed by atoms with E-state index in [9.17, 15) is 18.0 Å². The van der Waals surface area contributed by atoms with Crippen LogP contribution in [0.15, 0.2) is 71.6 Å². The molecule has 0 aliphatic rings. The van der Waals surface area contributed by atoms with E-state index in [4.69, 9.17) is 11.6 Å². The Kier molecular flexibility index (Phi) is 11.0. The number of carbonyl (C=O) groups excluding carboxylic acids is 2. The van der Waals surface area contributed by atoms with Gasteiger partial charge in [-0.1, -0.05) is 79.9 Å². The molecule has 7 nitrogen and oxygen atoms in total. The Bertz CT molecular complexity index is 1470. The number of aryl methyl sites for hydroxylation is 3. The maximum atomic E-state index is 14.2. The number of benzene rings is 3. The summed E-state index contributed by atoms with van der Waals surface area (Å²) in [7, 11) is -4.15.